The predicted molar refractivity (Wildman–Crippen MR) is 104 cm³/mol. The number of aryl methyl sites for hydroxylation is 1. The predicted octanol–water partition coefficient (Wildman–Crippen LogP) is 3.73. The van der Waals surface area contributed by atoms with Crippen LogP contribution in [0.15, 0.2) is 66.7 Å². The van der Waals surface area contributed by atoms with E-state index in [4.69, 9.17) is 0 Å². The van der Waals surface area contributed by atoms with Crippen molar-refractivity contribution >= 4 is 27.3 Å². The summed E-state index contributed by atoms with van der Waals surface area (Å²) in [7, 11) is -3.50. The van der Waals surface area contributed by atoms with Crippen LogP contribution in [0.1, 0.15) is 12.0 Å². The minimum atomic E-state index is -3.50. The maximum atomic E-state index is 12.9. The van der Waals surface area contributed by atoms with E-state index in [-0.39, 0.29) is 17.4 Å². The fraction of sp³-hybridized carbons (Fsp3) is 0.158. The Bertz CT molecular complexity index is 963. The van der Waals surface area contributed by atoms with Crippen LogP contribution in [0.25, 0.3) is 0 Å². The van der Waals surface area contributed by atoms with Crippen LogP contribution in [0.5, 0.6) is 0 Å². The fourth-order valence-electron chi connectivity index (χ4n) is 2.46. The van der Waals surface area contributed by atoms with Gasteiger partial charge in [0.25, 0.3) is 0 Å². The highest BCUT2D eigenvalue weighted by atomic mass is 32.2. The van der Waals surface area contributed by atoms with E-state index in [1.54, 1.807) is 18.2 Å². The van der Waals surface area contributed by atoms with Gasteiger partial charge in [0.1, 0.15) is 5.82 Å². The van der Waals surface area contributed by atoms with E-state index in [1.807, 2.05) is 30.3 Å². The summed E-state index contributed by atoms with van der Waals surface area (Å²) in [5.74, 6) is 0.246. The van der Waals surface area contributed by atoms with Gasteiger partial charge in [-0.3, -0.25) is 4.72 Å². The molecule has 6 nitrogen and oxygen atoms in total. The molecule has 8 heteroatoms. The lowest BCUT2D eigenvalue weighted by atomic mass is 10.1. The number of anilines is 3. The van der Waals surface area contributed by atoms with Gasteiger partial charge in [0.05, 0.1) is 5.75 Å². The highest BCUT2D eigenvalue weighted by Gasteiger charge is 2.11. The highest BCUT2D eigenvalue weighted by Crippen LogP contribution is 2.16. The van der Waals surface area contributed by atoms with Gasteiger partial charge in [-0.05, 0) is 54.8 Å². The number of rotatable bonds is 8. The average molecular weight is 386 g/mol. The van der Waals surface area contributed by atoms with Crippen molar-refractivity contribution in [3.05, 3.63) is 78.1 Å². The largest absolute Gasteiger partial charge is 0.339 e. The van der Waals surface area contributed by atoms with Crippen LogP contribution < -0.4 is 10.0 Å². The molecule has 3 rings (SSSR count). The zero-order chi connectivity index (χ0) is 19.1. The number of aromatic nitrogens is 2. The standard InChI is InChI=1S/C19H19FN4O2S/c20-16-8-10-17(11-9-16)21-18-12-13-19(23-22-18)24-27(25,26)14-4-7-15-5-2-1-3-6-15/h1-3,5-6,8-13H,4,7,14H2,(H,21,22)(H,23,24). The Hall–Kier alpha value is -3.00. The first-order chi connectivity index (χ1) is 13.0. The van der Waals surface area contributed by atoms with Gasteiger partial charge in [0.2, 0.25) is 10.0 Å². The normalized spacial score (nSPS) is 11.1. The third kappa shape index (κ3) is 6.03. The molecule has 0 saturated heterocycles. The minimum Gasteiger partial charge on any atom is -0.339 e. The Morgan fingerprint density at radius 3 is 2.19 bits per heavy atom. The van der Waals surface area contributed by atoms with Crippen molar-refractivity contribution in [2.45, 2.75) is 12.8 Å². The second-order valence-electron chi connectivity index (χ2n) is 5.95. The molecular formula is C19H19FN4O2S. The molecule has 0 unspecified atom stereocenters. The van der Waals surface area contributed by atoms with Crippen molar-refractivity contribution < 1.29 is 12.8 Å². The van der Waals surface area contributed by atoms with Gasteiger partial charge in [-0.2, -0.15) is 0 Å². The molecule has 3 aromatic rings. The quantitative estimate of drug-likeness (QED) is 0.616. The second-order valence-corrected chi connectivity index (χ2v) is 7.79. The fourth-order valence-corrected chi connectivity index (χ4v) is 3.51. The van der Waals surface area contributed by atoms with Crippen LogP contribution in [0.3, 0.4) is 0 Å². The number of nitrogens with zero attached hydrogens (tertiary/aromatic N) is 2. The van der Waals surface area contributed by atoms with Gasteiger partial charge in [0.15, 0.2) is 11.6 Å². The van der Waals surface area contributed by atoms with Crippen LogP contribution in [0, 0.1) is 5.82 Å². The van der Waals surface area contributed by atoms with Crippen LogP contribution >= 0.6 is 0 Å². The molecule has 2 aromatic carbocycles. The summed E-state index contributed by atoms with van der Waals surface area (Å²) in [5, 5.41) is 10.7. The van der Waals surface area contributed by atoms with E-state index >= 15 is 0 Å². The second kappa shape index (κ2) is 8.59. The lowest BCUT2D eigenvalue weighted by Gasteiger charge is -2.08. The zero-order valence-corrected chi connectivity index (χ0v) is 15.3. The molecule has 0 radical (unpaired) electrons. The van der Waals surface area contributed by atoms with E-state index in [2.05, 4.69) is 20.2 Å². The third-order valence-electron chi connectivity index (χ3n) is 3.76. The molecule has 0 bridgehead atoms. The molecule has 2 N–H and O–H groups in total. The SMILES string of the molecule is O=S(=O)(CCCc1ccccc1)Nc1ccc(Nc2ccc(F)cc2)nn1. The number of halogens is 1. The van der Waals surface area contributed by atoms with Crippen molar-refractivity contribution in [2.24, 2.45) is 0 Å². The molecule has 0 fully saturated rings. The van der Waals surface area contributed by atoms with E-state index < -0.39 is 10.0 Å². The molecule has 1 aromatic heterocycles. The van der Waals surface area contributed by atoms with Gasteiger partial charge in [-0.25, -0.2) is 12.8 Å². The summed E-state index contributed by atoms with van der Waals surface area (Å²) in [6, 6.07) is 18.6. The van der Waals surface area contributed by atoms with Crippen molar-refractivity contribution in [1.29, 1.82) is 0 Å². The molecule has 0 aliphatic heterocycles. The van der Waals surface area contributed by atoms with E-state index in [0.29, 0.717) is 24.3 Å². The molecule has 0 atom stereocenters. The maximum Gasteiger partial charge on any atom is 0.233 e. The van der Waals surface area contributed by atoms with Gasteiger partial charge in [-0.15, -0.1) is 10.2 Å². The summed E-state index contributed by atoms with van der Waals surface area (Å²) in [5.41, 5.74) is 1.75. The number of hydrogen-bond acceptors (Lipinski definition) is 5. The van der Waals surface area contributed by atoms with E-state index in [0.717, 1.165) is 5.56 Å². The minimum absolute atomic E-state index is 0.000838. The average Bonchev–Trinajstić information content (AvgIpc) is 2.66. The summed E-state index contributed by atoms with van der Waals surface area (Å²) in [6.07, 6.45) is 1.20. The van der Waals surface area contributed by atoms with Crippen molar-refractivity contribution in [2.75, 3.05) is 15.8 Å². The smallest absolute Gasteiger partial charge is 0.233 e. The highest BCUT2D eigenvalue weighted by molar-refractivity contribution is 7.92. The molecule has 0 spiro atoms. The number of nitrogens with one attached hydrogen (secondary N) is 2. The van der Waals surface area contributed by atoms with Crippen molar-refractivity contribution in [3.8, 4) is 0 Å². The van der Waals surface area contributed by atoms with Crippen LogP contribution in [0.2, 0.25) is 0 Å². The first kappa shape index (κ1) is 18.8. The molecule has 1 heterocycles. The summed E-state index contributed by atoms with van der Waals surface area (Å²) >= 11 is 0. The Kier molecular flexibility index (Phi) is 5.97. The van der Waals surface area contributed by atoms with Gasteiger partial charge in [-0.1, -0.05) is 30.3 Å². The number of hydrogen-bond donors (Lipinski definition) is 2. The van der Waals surface area contributed by atoms with Gasteiger partial charge in [0, 0.05) is 5.69 Å². The Balaban J connectivity index is 1.52. The van der Waals surface area contributed by atoms with Crippen LogP contribution in [-0.2, 0) is 16.4 Å². The maximum absolute atomic E-state index is 12.9. The Labute approximate surface area is 157 Å². The van der Waals surface area contributed by atoms with Gasteiger partial charge >= 0.3 is 0 Å². The first-order valence-electron chi connectivity index (χ1n) is 8.41. The topological polar surface area (TPSA) is 84.0 Å². The molecule has 0 amide bonds. The molecule has 0 saturated carbocycles. The van der Waals surface area contributed by atoms with E-state index in [9.17, 15) is 12.8 Å². The Morgan fingerprint density at radius 2 is 1.52 bits per heavy atom. The molecule has 0 aliphatic rings. The lowest BCUT2D eigenvalue weighted by molar-refractivity contribution is 0.598. The third-order valence-corrected chi connectivity index (χ3v) is 5.11. The van der Waals surface area contributed by atoms with Crippen molar-refractivity contribution in [3.63, 3.8) is 0 Å². The monoisotopic (exact) mass is 386 g/mol. The van der Waals surface area contributed by atoms with Crippen LogP contribution in [0.4, 0.5) is 21.7 Å². The summed E-state index contributed by atoms with van der Waals surface area (Å²) in [4.78, 5) is 0. The summed E-state index contributed by atoms with van der Waals surface area (Å²) < 4.78 is 39.7. The first-order valence-corrected chi connectivity index (χ1v) is 10.1. The zero-order valence-electron chi connectivity index (χ0n) is 14.5. The van der Waals surface area contributed by atoms with E-state index in [1.165, 1.54) is 18.2 Å². The number of benzene rings is 2. The molecule has 27 heavy (non-hydrogen) atoms. The number of sulfonamides is 1. The van der Waals surface area contributed by atoms with Crippen LogP contribution in [-0.4, -0.2) is 24.4 Å². The molecule has 140 valence electrons. The lowest BCUT2D eigenvalue weighted by Crippen LogP contribution is -2.18. The Morgan fingerprint density at radius 1 is 0.852 bits per heavy atom. The van der Waals surface area contributed by atoms with Crippen molar-refractivity contribution in [1.82, 2.24) is 10.2 Å². The van der Waals surface area contributed by atoms with Gasteiger partial charge < -0.3 is 5.32 Å². The molecular weight excluding hydrogens is 367 g/mol. The summed E-state index contributed by atoms with van der Waals surface area (Å²) in [6.45, 7) is 0. The molecule has 0 aliphatic carbocycles.